The molecule has 0 saturated carbocycles. The van der Waals surface area contributed by atoms with E-state index in [4.69, 9.17) is 9.47 Å². The van der Waals surface area contributed by atoms with Gasteiger partial charge in [0.1, 0.15) is 5.54 Å². The van der Waals surface area contributed by atoms with Crippen LogP contribution >= 0.6 is 0 Å². The molecule has 3 aromatic rings. The smallest absolute Gasteiger partial charge is 0.374 e. The van der Waals surface area contributed by atoms with Crippen LogP contribution in [-0.4, -0.2) is 54.8 Å². The molecule has 2 aromatic carbocycles. The van der Waals surface area contributed by atoms with Crippen LogP contribution in [0.5, 0.6) is 0 Å². The van der Waals surface area contributed by atoms with Crippen molar-refractivity contribution < 1.29 is 37.1 Å². The monoisotopic (exact) mass is 539 g/mol. The SMILES string of the molecule is CCOC(=O)c1cn(C2(CC(=O)NS(=O)(=O)c3ccccc3)Cc3ccccc3C2=O)c(C(=O)OCC)n1. The summed E-state index contributed by atoms with van der Waals surface area (Å²) >= 11 is 0. The quantitative estimate of drug-likeness (QED) is 0.404. The number of hydrogen-bond acceptors (Lipinski definition) is 9. The number of carbonyl (C=O) groups excluding carboxylic acids is 4. The number of amides is 1. The largest absolute Gasteiger partial charge is 0.461 e. The number of ether oxygens (including phenoxy) is 2. The summed E-state index contributed by atoms with van der Waals surface area (Å²) in [6.07, 6.45) is 0.427. The van der Waals surface area contributed by atoms with Crippen molar-refractivity contribution in [2.24, 2.45) is 0 Å². The van der Waals surface area contributed by atoms with Crippen molar-refractivity contribution in [1.82, 2.24) is 14.3 Å². The molecule has 0 saturated heterocycles. The number of carbonyl (C=O) groups is 4. The molecule has 12 heteroatoms. The van der Waals surface area contributed by atoms with Crippen molar-refractivity contribution in [1.29, 1.82) is 0 Å². The molecule has 11 nitrogen and oxygen atoms in total. The van der Waals surface area contributed by atoms with Gasteiger partial charge in [-0.1, -0.05) is 42.5 Å². The van der Waals surface area contributed by atoms with E-state index in [1.165, 1.54) is 24.3 Å². The van der Waals surface area contributed by atoms with Crippen molar-refractivity contribution in [2.75, 3.05) is 13.2 Å². The zero-order valence-electron chi connectivity index (χ0n) is 20.7. The Bertz CT molecular complexity index is 1510. The molecule has 1 N–H and O–H groups in total. The fourth-order valence-corrected chi connectivity index (χ4v) is 5.43. The zero-order chi connectivity index (χ0) is 27.5. The third-order valence-electron chi connectivity index (χ3n) is 6.03. The van der Waals surface area contributed by atoms with Gasteiger partial charge in [0.25, 0.3) is 10.0 Å². The van der Waals surface area contributed by atoms with Crippen LogP contribution in [0.2, 0.25) is 0 Å². The van der Waals surface area contributed by atoms with Gasteiger partial charge in [0.05, 0.1) is 24.5 Å². The first kappa shape index (κ1) is 26.7. The predicted molar refractivity (Wildman–Crippen MR) is 133 cm³/mol. The second-order valence-electron chi connectivity index (χ2n) is 8.47. The number of esters is 2. The van der Waals surface area contributed by atoms with E-state index in [0.717, 1.165) is 10.8 Å². The van der Waals surface area contributed by atoms with Gasteiger partial charge in [0, 0.05) is 18.2 Å². The third-order valence-corrected chi connectivity index (χ3v) is 7.42. The Labute approximate surface area is 218 Å². The second kappa shape index (κ2) is 10.6. The summed E-state index contributed by atoms with van der Waals surface area (Å²) in [5, 5.41) is 0. The summed E-state index contributed by atoms with van der Waals surface area (Å²) in [5.74, 6) is -3.70. The molecule has 1 aromatic heterocycles. The summed E-state index contributed by atoms with van der Waals surface area (Å²) < 4.78 is 38.9. The summed E-state index contributed by atoms with van der Waals surface area (Å²) in [7, 11) is -4.25. The molecule has 198 valence electrons. The Balaban J connectivity index is 1.82. The maximum atomic E-state index is 13.9. The molecule has 1 aliphatic rings. The summed E-state index contributed by atoms with van der Waals surface area (Å²) in [5.41, 5.74) is -1.19. The number of fused-ring (bicyclic) bond motifs is 1. The number of ketones is 1. The first-order chi connectivity index (χ1) is 18.1. The van der Waals surface area contributed by atoms with Crippen molar-refractivity contribution in [3.8, 4) is 0 Å². The number of nitrogens with zero attached hydrogens (tertiary/aromatic N) is 2. The first-order valence-electron chi connectivity index (χ1n) is 11.8. The van der Waals surface area contributed by atoms with Gasteiger partial charge in [-0.25, -0.2) is 27.7 Å². The van der Waals surface area contributed by atoms with Crippen LogP contribution in [0, 0.1) is 0 Å². The summed E-state index contributed by atoms with van der Waals surface area (Å²) in [4.78, 5) is 56.4. The first-order valence-corrected chi connectivity index (χ1v) is 13.3. The number of hydrogen-bond donors (Lipinski definition) is 1. The van der Waals surface area contributed by atoms with Gasteiger partial charge in [0.15, 0.2) is 11.5 Å². The maximum Gasteiger partial charge on any atom is 0.374 e. The van der Waals surface area contributed by atoms with Gasteiger partial charge < -0.3 is 14.0 Å². The van der Waals surface area contributed by atoms with E-state index in [9.17, 15) is 27.6 Å². The maximum absolute atomic E-state index is 13.9. The second-order valence-corrected chi connectivity index (χ2v) is 10.2. The molecule has 4 rings (SSSR count). The number of Topliss-reactive ketones (excluding diaryl/α,β-unsaturated/α-hetero) is 1. The summed E-state index contributed by atoms with van der Waals surface area (Å²) in [6.45, 7) is 3.19. The molecule has 0 aliphatic heterocycles. The van der Waals surface area contributed by atoms with Crippen LogP contribution in [0.4, 0.5) is 0 Å². The molecule has 38 heavy (non-hydrogen) atoms. The van der Waals surface area contributed by atoms with E-state index in [0.29, 0.717) is 11.1 Å². The highest BCUT2D eigenvalue weighted by atomic mass is 32.2. The lowest BCUT2D eigenvalue weighted by molar-refractivity contribution is -0.120. The minimum atomic E-state index is -4.25. The van der Waals surface area contributed by atoms with Gasteiger partial charge >= 0.3 is 11.9 Å². The fourth-order valence-electron chi connectivity index (χ4n) is 4.42. The van der Waals surface area contributed by atoms with Gasteiger partial charge in [-0.15, -0.1) is 0 Å². The molecule has 0 bridgehead atoms. The van der Waals surface area contributed by atoms with Crippen LogP contribution in [0.1, 0.15) is 57.3 Å². The van der Waals surface area contributed by atoms with E-state index < -0.39 is 51.4 Å². The Morgan fingerprint density at radius 1 is 0.974 bits per heavy atom. The topological polar surface area (TPSA) is 151 Å². The van der Waals surface area contributed by atoms with Crippen molar-refractivity contribution in [3.05, 3.63) is 83.4 Å². The van der Waals surface area contributed by atoms with Gasteiger partial charge in [-0.3, -0.25) is 9.59 Å². The highest BCUT2D eigenvalue weighted by Crippen LogP contribution is 2.40. The molecule has 1 unspecified atom stereocenters. The van der Waals surface area contributed by atoms with Crippen LogP contribution < -0.4 is 4.72 Å². The van der Waals surface area contributed by atoms with Crippen LogP contribution in [-0.2, 0) is 36.3 Å². The van der Waals surface area contributed by atoms with E-state index in [2.05, 4.69) is 4.98 Å². The normalized spacial score (nSPS) is 16.5. The van der Waals surface area contributed by atoms with Crippen molar-refractivity contribution >= 4 is 33.7 Å². The number of sulfonamides is 1. The minimum Gasteiger partial charge on any atom is -0.461 e. The van der Waals surface area contributed by atoms with Crippen LogP contribution in [0.25, 0.3) is 0 Å². The Hall–Kier alpha value is -4.32. The van der Waals surface area contributed by atoms with E-state index in [-0.39, 0.29) is 30.2 Å². The van der Waals surface area contributed by atoms with Gasteiger partial charge in [-0.05, 0) is 31.5 Å². The number of imidazole rings is 1. The molecule has 0 fully saturated rings. The number of nitrogens with one attached hydrogen (secondary N) is 1. The average Bonchev–Trinajstić information content (AvgIpc) is 3.46. The van der Waals surface area contributed by atoms with E-state index in [1.807, 2.05) is 4.72 Å². The Morgan fingerprint density at radius 3 is 2.26 bits per heavy atom. The van der Waals surface area contributed by atoms with Crippen molar-refractivity contribution in [2.45, 2.75) is 37.1 Å². The highest BCUT2D eigenvalue weighted by molar-refractivity contribution is 7.90. The van der Waals surface area contributed by atoms with Crippen LogP contribution in [0.3, 0.4) is 0 Å². The standard InChI is InChI=1S/C26H25N3O8S/c1-3-36-24(32)20-16-29(23(27-20)25(33)37-4-2)26(14-17-10-8-9-13-19(17)22(26)31)15-21(30)28-38(34,35)18-11-6-5-7-12-18/h5-13,16H,3-4,14-15H2,1-2H3,(H,28,30). The fraction of sp³-hybridized carbons (Fsp3) is 0.269. The van der Waals surface area contributed by atoms with Crippen LogP contribution in [0.15, 0.2) is 65.7 Å². The minimum absolute atomic E-state index is 0.0165. The summed E-state index contributed by atoms with van der Waals surface area (Å²) in [6, 6.07) is 13.9. The molecule has 1 amide bonds. The third kappa shape index (κ3) is 4.94. The zero-order valence-corrected chi connectivity index (χ0v) is 21.5. The van der Waals surface area contributed by atoms with Crippen molar-refractivity contribution in [3.63, 3.8) is 0 Å². The van der Waals surface area contributed by atoms with Gasteiger partial charge in [-0.2, -0.15) is 0 Å². The van der Waals surface area contributed by atoms with E-state index >= 15 is 0 Å². The molecule has 1 aliphatic carbocycles. The average molecular weight is 540 g/mol. The lowest BCUT2D eigenvalue weighted by atomic mass is 9.89. The lowest BCUT2D eigenvalue weighted by Crippen LogP contribution is -2.46. The molecular formula is C26H25N3O8S. The lowest BCUT2D eigenvalue weighted by Gasteiger charge is -2.29. The number of rotatable bonds is 9. The highest BCUT2D eigenvalue weighted by Gasteiger charge is 2.51. The number of benzene rings is 2. The Kier molecular flexibility index (Phi) is 7.44. The molecule has 0 radical (unpaired) electrons. The Morgan fingerprint density at radius 2 is 1.61 bits per heavy atom. The molecule has 1 atom stereocenters. The predicted octanol–water partition coefficient (Wildman–Crippen LogP) is 2.27. The number of aromatic nitrogens is 2. The molecule has 0 spiro atoms. The van der Waals surface area contributed by atoms with Gasteiger partial charge in [0.2, 0.25) is 11.7 Å². The molecular weight excluding hydrogens is 514 g/mol. The van der Waals surface area contributed by atoms with E-state index in [1.54, 1.807) is 44.2 Å². The molecule has 1 heterocycles.